The lowest BCUT2D eigenvalue weighted by Crippen LogP contribution is -2.42. The van der Waals surface area contributed by atoms with Crippen LogP contribution in [0.4, 0.5) is 5.69 Å². The molecule has 0 fully saturated rings. The number of carbonyl (C=O) groups excluding carboxylic acids is 1. The minimum absolute atomic E-state index is 0.0597. The summed E-state index contributed by atoms with van der Waals surface area (Å²) in [4.78, 5) is 23.7. The Labute approximate surface area is 175 Å². The molecule has 0 saturated carbocycles. The molecule has 1 unspecified atom stereocenters. The first kappa shape index (κ1) is 21.2. The quantitative estimate of drug-likeness (QED) is 0.568. The summed E-state index contributed by atoms with van der Waals surface area (Å²) in [5, 5.41) is 21.9. The minimum atomic E-state index is -0.691. The van der Waals surface area contributed by atoms with Gasteiger partial charge in [0, 0.05) is 12.1 Å². The summed E-state index contributed by atoms with van der Waals surface area (Å²) in [7, 11) is 0. The largest absolute Gasteiger partial charge is 0.351 e. The molecule has 1 heterocycles. The number of benzene rings is 2. The Kier molecular flexibility index (Phi) is 6.56. The summed E-state index contributed by atoms with van der Waals surface area (Å²) in [6.45, 7) is 6.10. The van der Waals surface area contributed by atoms with Crippen LogP contribution in [0.5, 0.6) is 0 Å². The highest BCUT2D eigenvalue weighted by Crippen LogP contribution is 2.31. The summed E-state index contributed by atoms with van der Waals surface area (Å²) in [6, 6.07) is 14.5. The average molecular weight is 404 g/mol. The maximum atomic E-state index is 13.1. The highest BCUT2D eigenvalue weighted by molar-refractivity contribution is 5.87. The first-order valence-corrected chi connectivity index (χ1v) is 9.82. The Morgan fingerprint density at radius 2 is 1.63 bits per heavy atom. The zero-order chi connectivity index (χ0) is 21.6. The van der Waals surface area contributed by atoms with Crippen LogP contribution in [0.1, 0.15) is 43.6 Å². The van der Waals surface area contributed by atoms with Crippen molar-refractivity contribution in [1.29, 1.82) is 0 Å². The zero-order valence-electron chi connectivity index (χ0n) is 17.3. The van der Waals surface area contributed by atoms with Crippen molar-refractivity contribution in [2.75, 3.05) is 0 Å². The number of aromatic nitrogens is 4. The van der Waals surface area contributed by atoms with Gasteiger partial charge < -0.3 is 5.32 Å². The van der Waals surface area contributed by atoms with Crippen LogP contribution in [0.2, 0.25) is 0 Å². The van der Waals surface area contributed by atoms with Crippen LogP contribution < -0.4 is 5.32 Å². The Morgan fingerprint density at radius 1 is 1.00 bits per heavy atom. The van der Waals surface area contributed by atoms with Gasteiger partial charge in [-0.3, -0.25) is 4.79 Å². The molecule has 1 amide bonds. The maximum Gasteiger partial charge on any atom is 0.230 e. The number of nitrogens with one attached hydrogen (secondary N) is 1. The number of hydrogen-bond donors (Lipinski definition) is 1. The van der Waals surface area contributed by atoms with Crippen LogP contribution in [-0.2, 0) is 16.8 Å². The van der Waals surface area contributed by atoms with Gasteiger partial charge in [-0.05, 0) is 48.7 Å². The zero-order valence-corrected chi connectivity index (χ0v) is 17.3. The van der Waals surface area contributed by atoms with Gasteiger partial charge in [-0.2, -0.15) is 0 Å². The molecule has 2 aromatic carbocycles. The van der Waals surface area contributed by atoms with E-state index in [0.717, 1.165) is 23.1 Å². The first-order chi connectivity index (χ1) is 14.5. The van der Waals surface area contributed by atoms with Gasteiger partial charge in [0.25, 0.3) is 0 Å². The van der Waals surface area contributed by atoms with Crippen molar-refractivity contribution >= 4 is 11.6 Å². The van der Waals surface area contributed by atoms with Gasteiger partial charge in [0.2, 0.25) is 11.7 Å². The summed E-state index contributed by atoms with van der Waals surface area (Å²) >= 11 is 0. The number of amides is 1. The molecule has 8 heteroatoms. The molecule has 1 N–H and O–H groups in total. The van der Waals surface area contributed by atoms with Crippen LogP contribution in [0.15, 0.2) is 53.7 Å². The Bertz CT molecular complexity index is 1000. The van der Waals surface area contributed by atoms with E-state index in [0.29, 0.717) is 30.3 Å². The average Bonchev–Trinajstić information content (AvgIpc) is 2.78. The van der Waals surface area contributed by atoms with Crippen LogP contribution in [0, 0.1) is 11.8 Å². The molecule has 1 aromatic heterocycles. The van der Waals surface area contributed by atoms with Crippen LogP contribution in [0.3, 0.4) is 0 Å². The maximum absolute atomic E-state index is 13.1. The number of nitroso groups, excluding NO2 is 1. The summed E-state index contributed by atoms with van der Waals surface area (Å²) in [5.74, 6) is 0.917. The smallest absolute Gasteiger partial charge is 0.230 e. The van der Waals surface area contributed by atoms with Crippen molar-refractivity contribution in [2.45, 2.75) is 45.6 Å². The standard InChI is InChI=1S/C22H24N6O2/c1-4-13-22(3,18-9-11-19(28-30)12-10-18)21(29)23-14-16-5-7-17(8-6-16)20-26-24-15(2)25-27-20/h5-12H,4,13-14H2,1-3H3,(H,23,29). The molecule has 3 aromatic rings. The fourth-order valence-corrected chi connectivity index (χ4v) is 3.32. The molecule has 0 aliphatic rings. The van der Waals surface area contributed by atoms with Crippen molar-refractivity contribution in [3.05, 3.63) is 70.4 Å². The highest BCUT2D eigenvalue weighted by atomic mass is 16.3. The predicted octanol–water partition coefficient (Wildman–Crippen LogP) is 4.01. The predicted molar refractivity (Wildman–Crippen MR) is 114 cm³/mol. The number of nitrogens with zero attached hydrogens (tertiary/aromatic N) is 5. The van der Waals surface area contributed by atoms with E-state index in [1.165, 1.54) is 0 Å². The SMILES string of the molecule is CCCC(C)(C(=O)NCc1ccc(-c2nnc(C)nn2)cc1)c1ccc(N=O)cc1. The molecule has 3 rings (SSSR count). The first-order valence-electron chi connectivity index (χ1n) is 9.82. The molecule has 0 saturated heterocycles. The van der Waals surface area contributed by atoms with E-state index in [2.05, 4.69) is 30.9 Å². The molecule has 0 aliphatic carbocycles. The lowest BCUT2D eigenvalue weighted by Gasteiger charge is -2.28. The summed E-state index contributed by atoms with van der Waals surface area (Å²) < 4.78 is 0. The van der Waals surface area contributed by atoms with Gasteiger partial charge in [-0.15, -0.1) is 25.3 Å². The third-order valence-electron chi connectivity index (χ3n) is 5.11. The number of rotatable bonds is 8. The highest BCUT2D eigenvalue weighted by Gasteiger charge is 2.34. The molecule has 1 atom stereocenters. The van der Waals surface area contributed by atoms with Crippen LogP contribution in [0.25, 0.3) is 11.4 Å². The van der Waals surface area contributed by atoms with Gasteiger partial charge in [-0.1, -0.05) is 49.7 Å². The number of hydrogen-bond acceptors (Lipinski definition) is 7. The molecule has 0 aliphatic heterocycles. The van der Waals surface area contributed by atoms with Crippen molar-refractivity contribution in [3.8, 4) is 11.4 Å². The second-order valence-electron chi connectivity index (χ2n) is 7.37. The van der Waals surface area contributed by atoms with Crippen LogP contribution >= 0.6 is 0 Å². The van der Waals surface area contributed by atoms with Crippen molar-refractivity contribution in [1.82, 2.24) is 25.7 Å². The lowest BCUT2D eigenvalue weighted by atomic mass is 9.77. The third-order valence-corrected chi connectivity index (χ3v) is 5.11. The second-order valence-corrected chi connectivity index (χ2v) is 7.37. The van der Waals surface area contributed by atoms with Crippen LogP contribution in [-0.4, -0.2) is 26.3 Å². The molecule has 0 radical (unpaired) electrons. The van der Waals surface area contributed by atoms with Crippen molar-refractivity contribution in [2.24, 2.45) is 5.18 Å². The third kappa shape index (κ3) is 4.71. The van der Waals surface area contributed by atoms with E-state index in [1.807, 2.05) is 38.1 Å². The Balaban J connectivity index is 1.70. The molecule has 8 nitrogen and oxygen atoms in total. The van der Waals surface area contributed by atoms with E-state index in [4.69, 9.17) is 0 Å². The molecular formula is C22H24N6O2. The van der Waals surface area contributed by atoms with Gasteiger partial charge in [0.1, 0.15) is 5.69 Å². The van der Waals surface area contributed by atoms with E-state index in [1.54, 1.807) is 31.2 Å². The monoisotopic (exact) mass is 404 g/mol. The number of aryl methyl sites for hydroxylation is 1. The van der Waals surface area contributed by atoms with Gasteiger partial charge in [-0.25, -0.2) is 0 Å². The fraction of sp³-hybridized carbons (Fsp3) is 0.318. The van der Waals surface area contributed by atoms with E-state index in [9.17, 15) is 9.70 Å². The van der Waals surface area contributed by atoms with E-state index in [-0.39, 0.29) is 5.91 Å². The van der Waals surface area contributed by atoms with Crippen molar-refractivity contribution < 1.29 is 4.79 Å². The van der Waals surface area contributed by atoms with Crippen molar-refractivity contribution in [3.63, 3.8) is 0 Å². The Morgan fingerprint density at radius 3 is 2.20 bits per heavy atom. The normalized spacial score (nSPS) is 12.8. The van der Waals surface area contributed by atoms with Gasteiger partial charge in [0.15, 0.2) is 5.82 Å². The van der Waals surface area contributed by atoms with E-state index >= 15 is 0 Å². The lowest BCUT2D eigenvalue weighted by molar-refractivity contribution is -0.126. The topological polar surface area (TPSA) is 110 Å². The van der Waals surface area contributed by atoms with E-state index < -0.39 is 5.41 Å². The summed E-state index contributed by atoms with van der Waals surface area (Å²) in [5.41, 5.74) is 2.29. The molecule has 0 bridgehead atoms. The van der Waals surface area contributed by atoms with Gasteiger partial charge >= 0.3 is 0 Å². The second kappa shape index (κ2) is 9.30. The molecule has 154 valence electrons. The van der Waals surface area contributed by atoms with Gasteiger partial charge in [0.05, 0.1) is 5.41 Å². The Hall–Kier alpha value is -3.55. The fourth-order valence-electron chi connectivity index (χ4n) is 3.32. The molecule has 0 spiro atoms. The minimum Gasteiger partial charge on any atom is -0.351 e. The molecular weight excluding hydrogens is 380 g/mol. The summed E-state index contributed by atoms with van der Waals surface area (Å²) in [6.07, 6.45) is 1.54. The molecule has 30 heavy (non-hydrogen) atoms. The number of carbonyl (C=O) groups is 1.